The molecule has 0 aliphatic rings. The molecule has 2 rings (SSSR count). The average molecular weight is 303 g/mol. The van der Waals surface area contributed by atoms with E-state index in [0.29, 0.717) is 13.0 Å². The number of thiazole rings is 1. The first-order valence-corrected chi connectivity index (χ1v) is 7.81. The fourth-order valence-corrected chi connectivity index (χ4v) is 2.82. The minimum Gasteiger partial charge on any atom is -0.352 e. The van der Waals surface area contributed by atoms with Crippen molar-refractivity contribution in [2.24, 2.45) is 0 Å². The second kappa shape index (κ2) is 7.33. The van der Waals surface area contributed by atoms with Gasteiger partial charge >= 0.3 is 0 Å². The van der Waals surface area contributed by atoms with E-state index in [9.17, 15) is 4.79 Å². The summed E-state index contributed by atoms with van der Waals surface area (Å²) in [6, 6.07) is 8.17. The standard InChI is InChI=1S/C16H21N3OS/c1-12-4-6-13(7-5-12)9-17-15(20)8-14-11-21-16(18-14)10-19(2)3/h4-7,11H,8-10H2,1-3H3,(H,17,20). The van der Waals surface area contributed by atoms with Crippen molar-refractivity contribution in [2.75, 3.05) is 14.1 Å². The molecule has 1 amide bonds. The summed E-state index contributed by atoms with van der Waals surface area (Å²) in [5.74, 6) is 0.0114. The molecule has 0 unspecified atom stereocenters. The second-order valence-electron chi connectivity index (χ2n) is 5.41. The van der Waals surface area contributed by atoms with Crippen molar-refractivity contribution in [3.8, 4) is 0 Å². The lowest BCUT2D eigenvalue weighted by Crippen LogP contribution is -2.24. The van der Waals surface area contributed by atoms with Crippen molar-refractivity contribution in [3.63, 3.8) is 0 Å². The number of benzene rings is 1. The molecule has 2 aromatic rings. The molecule has 0 aliphatic carbocycles. The summed E-state index contributed by atoms with van der Waals surface area (Å²) in [6.07, 6.45) is 0.343. The molecule has 1 N–H and O–H groups in total. The second-order valence-corrected chi connectivity index (χ2v) is 6.35. The quantitative estimate of drug-likeness (QED) is 0.891. The van der Waals surface area contributed by atoms with Crippen LogP contribution in [0.3, 0.4) is 0 Å². The van der Waals surface area contributed by atoms with Gasteiger partial charge in [0.1, 0.15) is 5.01 Å². The largest absolute Gasteiger partial charge is 0.352 e. The van der Waals surface area contributed by atoms with Gasteiger partial charge in [0, 0.05) is 18.5 Å². The van der Waals surface area contributed by atoms with E-state index in [4.69, 9.17) is 0 Å². The third kappa shape index (κ3) is 5.28. The van der Waals surface area contributed by atoms with Crippen LogP contribution in [0.25, 0.3) is 0 Å². The van der Waals surface area contributed by atoms with Crippen LogP contribution >= 0.6 is 11.3 Å². The number of amides is 1. The SMILES string of the molecule is Cc1ccc(CNC(=O)Cc2csc(CN(C)C)n2)cc1. The summed E-state index contributed by atoms with van der Waals surface area (Å²) in [5, 5.41) is 5.94. The number of aromatic nitrogens is 1. The Labute approximate surface area is 129 Å². The summed E-state index contributed by atoms with van der Waals surface area (Å²) < 4.78 is 0. The van der Waals surface area contributed by atoms with Crippen LogP contribution in [0.1, 0.15) is 21.8 Å². The molecule has 1 aromatic heterocycles. The van der Waals surface area contributed by atoms with Crippen LogP contribution in [0.2, 0.25) is 0 Å². The molecule has 4 nitrogen and oxygen atoms in total. The zero-order chi connectivity index (χ0) is 15.2. The molecule has 21 heavy (non-hydrogen) atoms. The number of hydrogen-bond donors (Lipinski definition) is 1. The van der Waals surface area contributed by atoms with Gasteiger partial charge in [0.2, 0.25) is 5.91 Å². The first-order valence-electron chi connectivity index (χ1n) is 6.93. The molecule has 1 aromatic carbocycles. The molecule has 5 heteroatoms. The van der Waals surface area contributed by atoms with Gasteiger partial charge in [0.05, 0.1) is 12.1 Å². The topological polar surface area (TPSA) is 45.2 Å². The highest BCUT2D eigenvalue weighted by Crippen LogP contribution is 2.11. The van der Waals surface area contributed by atoms with Gasteiger partial charge in [-0.25, -0.2) is 4.98 Å². The molecule has 0 fully saturated rings. The normalized spacial score (nSPS) is 10.9. The lowest BCUT2D eigenvalue weighted by atomic mass is 10.1. The number of carbonyl (C=O) groups is 1. The van der Waals surface area contributed by atoms with E-state index in [2.05, 4.69) is 34.3 Å². The summed E-state index contributed by atoms with van der Waals surface area (Å²) in [5.41, 5.74) is 3.18. The van der Waals surface area contributed by atoms with Gasteiger partial charge in [0.25, 0.3) is 0 Å². The summed E-state index contributed by atoms with van der Waals surface area (Å²) in [6.45, 7) is 3.43. The highest BCUT2D eigenvalue weighted by Gasteiger charge is 2.08. The molecule has 112 valence electrons. The average Bonchev–Trinajstić information content (AvgIpc) is 2.84. The van der Waals surface area contributed by atoms with E-state index >= 15 is 0 Å². The van der Waals surface area contributed by atoms with Crippen molar-refractivity contribution in [1.29, 1.82) is 0 Å². The minimum atomic E-state index is 0.0114. The zero-order valence-corrected chi connectivity index (χ0v) is 13.5. The van der Waals surface area contributed by atoms with Crippen molar-refractivity contribution in [1.82, 2.24) is 15.2 Å². The Morgan fingerprint density at radius 3 is 2.67 bits per heavy atom. The van der Waals surface area contributed by atoms with E-state index in [-0.39, 0.29) is 5.91 Å². The first kappa shape index (κ1) is 15.7. The number of nitrogens with zero attached hydrogens (tertiary/aromatic N) is 2. The molecular formula is C16H21N3OS. The van der Waals surface area contributed by atoms with Crippen molar-refractivity contribution in [2.45, 2.75) is 26.4 Å². The summed E-state index contributed by atoms with van der Waals surface area (Å²) >= 11 is 1.60. The Hall–Kier alpha value is -1.72. The highest BCUT2D eigenvalue weighted by molar-refractivity contribution is 7.09. The Balaban J connectivity index is 1.81. The lowest BCUT2D eigenvalue weighted by molar-refractivity contribution is -0.120. The van der Waals surface area contributed by atoms with E-state index < -0.39 is 0 Å². The molecule has 1 heterocycles. The van der Waals surface area contributed by atoms with Gasteiger partial charge < -0.3 is 10.2 Å². The molecule has 0 saturated heterocycles. The predicted molar refractivity (Wildman–Crippen MR) is 86.2 cm³/mol. The van der Waals surface area contributed by atoms with E-state index in [1.807, 2.05) is 31.6 Å². The Bertz CT molecular complexity index is 590. The molecular weight excluding hydrogens is 282 g/mol. The summed E-state index contributed by atoms with van der Waals surface area (Å²) in [4.78, 5) is 18.5. The van der Waals surface area contributed by atoms with Crippen LogP contribution in [0.15, 0.2) is 29.6 Å². The number of hydrogen-bond acceptors (Lipinski definition) is 4. The van der Waals surface area contributed by atoms with Gasteiger partial charge in [-0.05, 0) is 26.6 Å². The van der Waals surface area contributed by atoms with Crippen molar-refractivity contribution in [3.05, 3.63) is 51.5 Å². The molecule has 0 saturated carbocycles. The molecule has 0 aliphatic heterocycles. The van der Waals surface area contributed by atoms with E-state index in [0.717, 1.165) is 22.8 Å². The fraction of sp³-hybridized carbons (Fsp3) is 0.375. The Morgan fingerprint density at radius 1 is 1.29 bits per heavy atom. The van der Waals surface area contributed by atoms with Crippen molar-refractivity contribution < 1.29 is 4.79 Å². The summed E-state index contributed by atoms with van der Waals surface area (Å²) in [7, 11) is 4.02. The van der Waals surface area contributed by atoms with Gasteiger partial charge in [-0.3, -0.25) is 4.79 Å². The molecule has 0 spiro atoms. The number of nitrogens with one attached hydrogen (secondary N) is 1. The highest BCUT2D eigenvalue weighted by atomic mass is 32.1. The van der Waals surface area contributed by atoms with Crippen LogP contribution in [0.5, 0.6) is 0 Å². The fourth-order valence-electron chi connectivity index (χ4n) is 1.91. The monoisotopic (exact) mass is 303 g/mol. The van der Waals surface area contributed by atoms with Crippen molar-refractivity contribution >= 4 is 17.2 Å². The van der Waals surface area contributed by atoms with Crippen LogP contribution in [-0.2, 0) is 24.3 Å². The number of aryl methyl sites for hydroxylation is 1. The minimum absolute atomic E-state index is 0.0114. The van der Waals surface area contributed by atoms with Crippen LogP contribution in [-0.4, -0.2) is 29.9 Å². The Kier molecular flexibility index (Phi) is 5.47. The van der Waals surface area contributed by atoms with Crippen LogP contribution in [0.4, 0.5) is 0 Å². The molecule has 0 radical (unpaired) electrons. The first-order chi connectivity index (χ1) is 10.0. The predicted octanol–water partition coefficient (Wildman–Crippen LogP) is 2.37. The van der Waals surface area contributed by atoms with Gasteiger partial charge in [-0.15, -0.1) is 11.3 Å². The third-order valence-electron chi connectivity index (χ3n) is 3.00. The third-order valence-corrected chi connectivity index (χ3v) is 3.89. The lowest BCUT2D eigenvalue weighted by Gasteiger charge is -2.06. The maximum Gasteiger partial charge on any atom is 0.226 e. The zero-order valence-electron chi connectivity index (χ0n) is 12.7. The van der Waals surface area contributed by atoms with Gasteiger partial charge in [0.15, 0.2) is 0 Å². The van der Waals surface area contributed by atoms with Crippen LogP contribution < -0.4 is 5.32 Å². The smallest absolute Gasteiger partial charge is 0.226 e. The molecule has 0 atom stereocenters. The van der Waals surface area contributed by atoms with E-state index in [1.54, 1.807) is 11.3 Å². The maximum atomic E-state index is 11.9. The van der Waals surface area contributed by atoms with E-state index in [1.165, 1.54) is 5.56 Å². The number of carbonyl (C=O) groups excluding carboxylic acids is 1. The Morgan fingerprint density at radius 2 is 2.00 bits per heavy atom. The van der Waals surface area contributed by atoms with Gasteiger partial charge in [-0.1, -0.05) is 29.8 Å². The maximum absolute atomic E-state index is 11.9. The number of rotatable bonds is 6. The van der Waals surface area contributed by atoms with Gasteiger partial charge in [-0.2, -0.15) is 0 Å². The molecule has 0 bridgehead atoms. The van der Waals surface area contributed by atoms with Crippen LogP contribution in [0, 0.1) is 6.92 Å².